The third kappa shape index (κ3) is 2.50. The first kappa shape index (κ1) is 15.1. The molecular formula is C11H2Cl5F2N. The highest BCUT2D eigenvalue weighted by Gasteiger charge is 2.24. The van der Waals surface area contributed by atoms with Crippen LogP contribution in [0.1, 0.15) is 0 Å². The van der Waals surface area contributed by atoms with Crippen LogP contribution in [0, 0.1) is 11.6 Å². The molecule has 1 nitrogen and oxygen atoms in total. The molecule has 0 unspecified atom stereocenters. The normalized spacial score (nSPS) is 10.9. The van der Waals surface area contributed by atoms with E-state index < -0.39 is 17.2 Å². The van der Waals surface area contributed by atoms with Gasteiger partial charge in [0, 0.05) is 5.56 Å². The van der Waals surface area contributed by atoms with Gasteiger partial charge in [-0.15, -0.1) is 0 Å². The lowest BCUT2D eigenvalue weighted by Crippen LogP contribution is -1.95. The molecular weight excluding hydrogens is 361 g/mol. The molecule has 0 aliphatic heterocycles. The summed E-state index contributed by atoms with van der Waals surface area (Å²) in [6.07, 6.45) is 1.64. The second-order valence-corrected chi connectivity index (χ2v) is 5.31. The number of benzene rings is 1. The van der Waals surface area contributed by atoms with Crippen LogP contribution in [0.4, 0.5) is 8.78 Å². The molecule has 0 saturated heterocycles. The second kappa shape index (κ2) is 5.58. The summed E-state index contributed by atoms with van der Waals surface area (Å²) in [6.45, 7) is 0. The van der Waals surface area contributed by atoms with E-state index in [1.807, 2.05) is 0 Å². The predicted molar refractivity (Wildman–Crippen MR) is 74.6 cm³/mol. The van der Waals surface area contributed by atoms with Crippen molar-refractivity contribution in [1.29, 1.82) is 0 Å². The molecule has 2 aromatic rings. The van der Waals surface area contributed by atoms with Gasteiger partial charge in [0.1, 0.15) is 0 Å². The monoisotopic (exact) mass is 361 g/mol. The van der Waals surface area contributed by atoms with Crippen molar-refractivity contribution in [3.8, 4) is 11.1 Å². The minimum Gasteiger partial charge on any atom is -0.259 e. The first-order valence-electron chi connectivity index (χ1n) is 4.67. The van der Waals surface area contributed by atoms with Crippen molar-refractivity contribution >= 4 is 58.0 Å². The quantitative estimate of drug-likeness (QED) is 0.428. The largest absolute Gasteiger partial charge is 0.259 e. The van der Waals surface area contributed by atoms with Gasteiger partial charge in [0.2, 0.25) is 0 Å². The van der Waals surface area contributed by atoms with Gasteiger partial charge >= 0.3 is 0 Å². The zero-order valence-corrected chi connectivity index (χ0v) is 12.5. The molecule has 0 atom stereocenters. The molecule has 8 heteroatoms. The number of hydrogen-bond donors (Lipinski definition) is 0. The van der Waals surface area contributed by atoms with Crippen molar-refractivity contribution < 1.29 is 8.78 Å². The SMILES string of the molecule is Fc1cncc(F)c1-c1c(Cl)c(Cl)c(Cl)c(Cl)c1Cl. The smallest absolute Gasteiger partial charge is 0.152 e. The summed E-state index contributed by atoms with van der Waals surface area (Å²) in [4.78, 5) is 3.36. The van der Waals surface area contributed by atoms with Crippen molar-refractivity contribution in [3.05, 3.63) is 49.1 Å². The van der Waals surface area contributed by atoms with Gasteiger partial charge < -0.3 is 0 Å². The third-order valence-electron chi connectivity index (χ3n) is 2.31. The van der Waals surface area contributed by atoms with E-state index in [4.69, 9.17) is 58.0 Å². The zero-order chi connectivity index (χ0) is 14.3. The number of nitrogens with zero attached hydrogens (tertiary/aromatic N) is 1. The van der Waals surface area contributed by atoms with Crippen molar-refractivity contribution in [3.63, 3.8) is 0 Å². The van der Waals surface area contributed by atoms with E-state index >= 15 is 0 Å². The first-order chi connectivity index (χ1) is 8.86. The van der Waals surface area contributed by atoms with Crippen molar-refractivity contribution in [2.24, 2.45) is 0 Å². The average molecular weight is 363 g/mol. The molecule has 0 spiro atoms. The molecule has 0 saturated carbocycles. The van der Waals surface area contributed by atoms with Crippen LogP contribution < -0.4 is 0 Å². The second-order valence-electron chi connectivity index (χ2n) is 3.42. The van der Waals surface area contributed by atoms with Gasteiger partial charge in [-0.25, -0.2) is 8.78 Å². The minimum atomic E-state index is -0.946. The Morgan fingerprint density at radius 1 is 0.632 bits per heavy atom. The Hall–Kier alpha value is -0.320. The Morgan fingerprint density at radius 3 is 1.42 bits per heavy atom. The first-order valence-corrected chi connectivity index (χ1v) is 6.56. The van der Waals surface area contributed by atoms with Crippen LogP contribution in [-0.4, -0.2) is 4.98 Å². The minimum absolute atomic E-state index is 0.0862. The van der Waals surface area contributed by atoms with E-state index in [0.29, 0.717) is 0 Å². The van der Waals surface area contributed by atoms with Crippen LogP contribution in [-0.2, 0) is 0 Å². The van der Waals surface area contributed by atoms with E-state index in [1.165, 1.54) is 0 Å². The Morgan fingerprint density at radius 2 is 1.00 bits per heavy atom. The van der Waals surface area contributed by atoms with E-state index in [1.54, 1.807) is 0 Å². The molecule has 1 aromatic carbocycles. The molecule has 0 N–H and O–H groups in total. The summed E-state index contributed by atoms with van der Waals surface area (Å²) in [7, 11) is 0. The molecule has 0 aliphatic carbocycles. The van der Waals surface area contributed by atoms with Gasteiger partial charge in [0.15, 0.2) is 11.6 Å². The van der Waals surface area contributed by atoms with Gasteiger partial charge in [0.25, 0.3) is 0 Å². The molecule has 1 aromatic heterocycles. The van der Waals surface area contributed by atoms with Crippen LogP contribution in [0.25, 0.3) is 11.1 Å². The summed E-state index contributed by atoms with van der Waals surface area (Å²) in [5, 5.41) is -0.737. The van der Waals surface area contributed by atoms with Crippen LogP contribution in [0.2, 0.25) is 25.1 Å². The van der Waals surface area contributed by atoms with Gasteiger partial charge in [0.05, 0.1) is 43.1 Å². The maximum atomic E-state index is 13.7. The fourth-order valence-corrected chi connectivity index (χ4v) is 2.80. The van der Waals surface area contributed by atoms with E-state index in [-0.39, 0.29) is 30.7 Å². The summed E-state index contributed by atoms with van der Waals surface area (Å²) < 4.78 is 27.4. The third-order valence-corrected chi connectivity index (χ3v) is 4.59. The lowest BCUT2D eigenvalue weighted by Gasteiger charge is -2.13. The number of halogens is 7. The Bertz CT molecular complexity index is 625. The fourth-order valence-electron chi connectivity index (χ4n) is 1.47. The zero-order valence-electron chi connectivity index (χ0n) is 8.75. The van der Waals surface area contributed by atoms with Crippen molar-refractivity contribution in [2.75, 3.05) is 0 Å². The van der Waals surface area contributed by atoms with Crippen molar-refractivity contribution in [1.82, 2.24) is 4.98 Å². The van der Waals surface area contributed by atoms with Gasteiger partial charge in [-0.05, 0) is 0 Å². The maximum Gasteiger partial charge on any atom is 0.152 e. The lowest BCUT2D eigenvalue weighted by molar-refractivity contribution is 0.579. The maximum absolute atomic E-state index is 13.7. The topological polar surface area (TPSA) is 12.9 Å². The summed E-state index contributed by atoms with van der Waals surface area (Å²) in [5.74, 6) is -1.89. The Kier molecular flexibility index (Phi) is 4.43. The molecule has 2 rings (SSSR count). The molecule has 0 fully saturated rings. The molecule has 19 heavy (non-hydrogen) atoms. The number of aromatic nitrogens is 1. The predicted octanol–water partition coefficient (Wildman–Crippen LogP) is 6.29. The van der Waals surface area contributed by atoms with Crippen molar-refractivity contribution in [2.45, 2.75) is 0 Å². The van der Waals surface area contributed by atoms with Gasteiger partial charge in [-0.1, -0.05) is 58.0 Å². The van der Waals surface area contributed by atoms with Crippen LogP contribution in [0.15, 0.2) is 12.4 Å². The number of pyridine rings is 1. The average Bonchev–Trinajstić information content (AvgIpc) is 2.37. The van der Waals surface area contributed by atoms with Crippen LogP contribution >= 0.6 is 58.0 Å². The van der Waals surface area contributed by atoms with Crippen LogP contribution in [0.5, 0.6) is 0 Å². The lowest BCUT2D eigenvalue weighted by atomic mass is 10.1. The summed E-state index contributed by atoms with van der Waals surface area (Å²) in [6, 6.07) is 0. The highest BCUT2D eigenvalue weighted by Crippen LogP contribution is 2.49. The fraction of sp³-hybridized carbons (Fsp3) is 0. The highest BCUT2D eigenvalue weighted by molar-refractivity contribution is 6.56. The Balaban J connectivity index is 2.92. The molecule has 0 bridgehead atoms. The number of hydrogen-bond acceptors (Lipinski definition) is 1. The summed E-state index contributed by atoms with van der Waals surface area (Å²) >= 11 is 29.4. The number of rotatable bonds is 1. The molecule has 1 heterocycles. The van der Waals surface area contributed by atoms with Crippen LogP contribution in [0.3, 0.4) is 0 Å². The summed E-state index contributed by atoms with van der Waals surface area (Å²) in [5.41, 5.74) is -0.634. The molecule has 0 amide bonds. The van der Waals surface area contributed by atoms with E-state index in [2.05, 4.69) is 4.98 Å². The highest BCUT2D eigenvalue weighted by atomic mass is 35.5. The standard InChI is InChI=1S/C11H2Cl5F2N/c12-7-6(5-3(17)1-19-2-4(5)18)8(13)10(15)11(16)9(7)14/h1-2H. The molecule has 0 aliphatic rings. The Labute approximate surface area is 132 Å². The van der Waals surface area contributed by atoms with Gasteiger partial charge in [-0.2, -0.15) is 0 Å². The van der Waals surface area contributed by atoms with Gasteiger partial charge in [-0.3, -0.25) is 4.98 Å². The molecule has 0 radical (unpaired) electrons. The van der Waals surface area contributed by atoms with E-state index in [9.17, 15) is 8.78 Å². The molecule has 100 valence electrons. The van der Waals surface area contributed by atoms with E-state index in [0.717, 1.165) is 12.4 Å².